The van der Waals surface area contributed by atoms with Crippen molar-refractivity contribution in [1.29, 1.82) is 0 Å². The molecule has 3 fully saturated rings. The van der Waals surface area contributed by atoms with E-state index in [1.807, 2.05) is 29.3 Å². The van der Waals surface area contributed by atoms with E-state index in [9.17, 15) is 9.59 Å². The maximum absolute atomic E-state index is 14.4. The van der Waals surface area contributed by atoms with Crippen LogP contribution in [0, 0.1) is 5.92 Å². The zero-order valence-corrected chi connectivity index (χ0v) is 21.0. The van der Waals surface area contributed by atoms with Crippen LogP contribution < -0.4 is 15.0 Å². The smallest absolute Gasteiger partial charge is 0.253 e. The Labute approximate surface area is 212 Å². The highest BCUT2D eigenvalue weighted by molar-refractivity contribution is 6.10. The number of nitrogens with zero attached hydrogens (tertiary/aromatic N) is 4. The first-order valence-electron chi connectivity index (χ1n) is 13.3. The summed E-state index contributed by atoms with van der Waals surface area (Å²) in [4.78, 5) is 39.1. The molecule has 8 heteroatoms. The lowest BCUT2D eigenvalue weighted by atomic mass is 9.78. The van der Waals surface area contributed by atoms with Gasteiger partial charge in [-0.05, 0) is 56.3 Å². The van der Waals surface area contributed by atoms with Crippen LogP contribution in [0.5, 0.6) is 5.75 Å². The Hall–Kier alpha value is -2.97. The van der Waals surface area contributed by atoms with Crippen molar-refractivity contribution in [1.82, 2.24) is 20.1 Å². The van der Waals surface area contributed by atoms with Crippen molar-refractivity contribution >= 4 is 17.5 Å². The SMILES string of the molecule is COc1cncc(CN2CCCNC(=O)[C@@H]3C[C@@H]4CCCN4[C@@]34C(=O)N(CCC2)c2ccccc24)c1. The molecule has 0 aliphatic carbocycles. The predicted octanol–water partition coefficient (Wildman–Crippen LogP) is 2.53. The number of anilines is 1. The molecule has 1 aromatic heterocycles. The Morgan fingerprint density at radius 3 is 2.83 bits per heavy atom. The number of pyridine rings is 1. The molecule has 3 saturated heterocycles. The average Bonchev–Trinajstić information content (AvgIpc) is 3.55. The van der Waals surface area contributed by atoms with Crippen molar-refractivity contribution in [3.05, 3.63) is 53.9 Å². The van der Waals surface area contributed by atoms with Crippen LogP contribution in [-0.4, -0.2) is 72.5 Å². The minimum Gasteiger partial charge on any atom is -0.495 e. The number of benzene rings is 1. The second-order valence-corrected chi connectivity index (χ2v) is 10.5. The van der Waals surface area contributed by atoms with Crippen molar-refractivity contribution in [2.45, 2.75) is 50.2 Å². The second-order valence-electron chi connectivity index (χ2n) is 10.5. The first-order chi connectivity index (χ1) is 17.6. The number of ether oxygens (including phenoxy) is 1. The monoisotopic (exact) mass is 489 g/mol. The van der Waals surface area contributed by atoms with Crippen LogP contribution in [0.4, 0.5) is 5.69 Å². The van der Waals surface area contributed by atoms with Gasteiger partial charge in [-0.15, -0.1) is 0 Å². The molecule has 6 rings (SSSR count). The van der Waals surface area contributed by atoms with Crippen LogP contribution in [0.2, 0.25) is 0 Å². The largest absolute Gasteiger partial charge is 0.495 e. The quantitative estimate of drug-likeness (QED) is 0.714. The highest BCUT2D eigenvalue weighted by atomic mass is 16.5. The van der Waals surface area contributed by atoms with Crippen molar-refractivity contribution in [2.75, 3.05) is 44.7 Å². The van der Waals surface area contributed by atoms with E-state index >= 15 is 0 Å². The van der Waals surface area contributed by atoms with E-state index in [4.69, 9.17) is 4.74 Å². The van der Waals surface area contributed by atoms with E-state index in [2.05, 4.69) is 32.2 Å². The number of para-hydroxylation sites is 1. The zero-order valence-electron chi connectivity index (χ0n) is 21.0. The molecule has 2 aromatic rings. The predicted molar refractivity (Wildman–Crippen MR) is 137 cm³/mol. The normalized spacial score (nSPS) is 29.0. The standard InChI is InChI=1S/C28H35N5O3/c1-36-22-15-20(17-29-18-22)19-31-11-5-10-30-26(34)24-16-21-7-4-14-33(21)28(24)23-8-2-3-9-25(23)32(27(28)35)13-6-12-31/h2-3,8-9,15,17-18,21,24H,4-7,10-14,16,19H2,1H3,(H,30,34)/t21-,24-,28+/m0/s1. The van der Waals surface area contributed by atoms with Crippen molar-refractivity contribution in [3.8, 4) is 5.75 Å². The molecule has 36 heavy (non-hydrogen) atoms. The van der Waals surface area contributed by atoms with Gasteiger partial charge in [0.25, 0.3) is 5.91 Å². The van der Waals surface area contributed by atoms with Crippen LogP contribution in [0.3, 0.4) is 0 Å². The number of fused-ring (bicyclic) bond motifs is 4. The molecule has 2 bridgehead atoms. The highest BCUT2D eigenvalue weighted by Gasteiger charge is 2.66. The molecule has 1 N–H and O–H groups in total. The Morgan fingerprint density at radius 2 is 1.94 bits per heavy atom. The number of aromatic nitrogens is 1. The minimum absolute atomic E-state index is 0.0252. The van der Waals surface area contributed by atoms with E-state index in [-0.39, 0.29) is 17.7 Å². The third-order valence-corrected chi connectivity index (χ3v) is 8.55. The van der Waals surface area contributed by atoms with Crippen LogP contribution in [0.25, 0.3) is 0 Å². The molecule has 3 atom stereocenters. The molecule has 190 valence electrons. The lowest BCUT2D eigenvalue weighted by molar-refractivity contribution is -0.138. The lowest BCUT2D eigenvalue weighted by Gasteiger charge is -2.37. The third kappa shape index (κ3) is 3.69. The lowest BCUT2D eigenvalue weighted by Crippen LogP contribution is -2.56. The van der Waals surface area contributed by atoms with Crippen LogP contribution >= 0.6 is 0 Å². The van der Waals surface area contributed by atoms with Gasteiger partial charge in [0.1, 0.15) is 11.3 Å². The van der Waals surface area contributed by atoms with Gasteiger partial charge >= 0.3 is 0 Å². The van der Waals surface area contributed by atoms with E-state index < -0.39 is 5.54 Å². The number of amides is 2. The summed E-state index contributed by atoms with van der Waals surface area (Å²) in [5, 5.41) is 3.22. The molecule has 1 spiro atoms. The summed E-state index contributed by atoms with van der Waals surface area (Å²) in [5.41, 5.74) is 2.24. The summed E-state index contributed by atoms with van der Waals surface area (Å²) in [6.45, 7) is 4.63. The third-order valence-electron chi connectivity index (χ3n) is 8.55. The highest BCUT2D eigenvalue weighted by Crippen LogP contribution is 2.57. The maximum Gasteiger partial charge on any atom is 0.253 e. The van der Waals surface area contributed by atoms with Gasteiger partial charge in [0.15, 0.2) is 0 Å². The number of hydrogen-bond donors (Lipinski definition) is 1. The van der Waals surface area contributed by atoms with Gasteiger partial charge < -0.3 is 15.0 Å². The van der Waals surface area contributed by atoms with Gasteiger partial charge in [-0.2, -0.15) is 0 Å². The molecule has 0 saturated carbocycles. The topological polar surface area (TPSA) is 78.0 Å². The van der Waals surface area contributed by atoms with Gasteiger partial charge in [0.2, 0.25) is 5.91 Å². The average molecular weight is 490 g/mol. The van der Waals surface area contributed by atoms with Gasteiger partial charge in [0.05, 0.1) is 19.2 Å². The molecule has 1 aromatic carbocycles. The Kier molecular flexibility index (Phi) is 6.17. The number of methoxy groups -OCH3 is 1. The first-order valence-corrected chi connectivity index (χ1v) is 13.3. The van der Waals surface area contributed by atoms with E-state index in [1.54, 1.807) is 13.3 Å². The van der Waals surface area contributed by atoms with Gasteiger partial charge in [0, 0.05) is 56.2 Å². The van der Waals surface area contributed by atoms with Crippen LogP contribution in [-0.2, 0) is 21.7 Å². The second kappa shape index (κ2) is 9.48. The summed E-state index contributed by atoms with van der Waals surface area (Å²) in [6.07, 6.45) is 8.23. The minimum atomic E-state index is -0.859. The Morgan fingerprint density at radius 1 is 1.08 bits per heavy atom. The number of carbonyl (C=O) groups excluding carboxylic acids is 2. The first kappa shape index (κ1) is 23.4. The molecule has 4 aliphatic heterocycles. The fraction of sp³-hybridized carbons (Fsp3) is 0.536. The summed E-state index contributed by atoms with van der Waals surface area (Å²) >= 11 is 0. The van der Waals surface area contributed by atoms with E-state index in [0.717, 1.165) is 80.8 Å². The van der Waals surface area contributed by atoms with Gasteiger partial charge in [-0.3, -0.25) is 24.4 Å². The maximum atomic E-state index is 14.4. The number of rotatable bonds is 3. The fourth-order valence-electron chi connectivity index (χ4n) is 7.06. The Bertz CT molecular complexity index is 1160. The molecule has 8 nitrogen and oxygen atoms in total. The molecule has 2 amide bonds. The van der Waals surface area contributed by atoms with Crippen molar-refractivity contribution in [2.24, 2.45) is 5.92 Å². The molecular weight excluding hydrogens is 454 g/mol. The Balaban J connectivity index is 1.31. The molecular formula is C28H35N5O3. The summed E-state index contributed by atoms with van der Waals surface area (Å²) in [7, 11) is 1.65. The molecule has 4 aliphatic rings. The van der Waals surface area contributed by atoms with Gasteiger partial charge in [-0.25, -0.2) is 0 Å². The number of nitrogens with one attached hydrogen (secondary N) is 1. The molecule has 0 unspecified atom stereocenters. The summed E-state index contributed by atoms with van der Waals surface area (Å²) < 4.78 is 5.35. The number of carbonyl (C=O) groups is 2. The molecule has 0 radical (unpaired) electrons. The van der Waals surface area contributed by atoms with E-state index in [1.165, 1.54) is 0 Å². The van der Waals surface area contributed by atoms with Crippen molar-refractivity contribution in [3.63, 3.8) is 0 Å². The van der Waals surface area contributed by atoms with E-state index in [0.29, 0.717) is 19.1 Å². The summed E-state index contributed by atoms with van der Waals surface area (Å²) in [5.74, 6) is 0.524. The van der Waals surface area contributed by atoms with Crippen LogP contribution in [0.15, 0.2) is 42.7 Å². The zero-order chi connectivity index (χ0) is 24.7. The van der Waals surface area contributed by atoms with Crippen LogP contribution in [0.1, 0.15) is 43.2 Å². The number of hydrogen-bond acceptors (Lipinski definition) is 6. The van der Waals surface area contributed by atoms with Crippen molar-refractivity contribution < 1.29 is 14.3 Å². The van der Waals surface area contributed by atoms with Gasteiger partial charge in [-0.1, -0.05) is 18.2 Å². The fourth-order valence-corrected chi connectivity index (χ4v) is 7.06. The summed E-state index contributed by atoms with van der Waals surface area (Å²) in [6, 6.07) is 10.5. The molecule has 5 heterocycles.